The molecule has 0 radical (unpaired) electrons. The summed E-state index contributed by atoms with van der Waals surface area (Å²) in [6.07, 6.45) is 13.0. The number of hydrogen-bond donors (Lipinski definition) is 2. The van der Waals surface area contributed by atoms with E-state index in [4.69, 9.17) is 5.73 Å². The van der Waals surface area contributed by atoms with Gasteiger partial charge in [0.2, 0.25) is 5.91 Å². The van der Waals surface area contributed by atoms with Gasteiger partial charge in [-0.05, 0) is 43.6 Å². The van der Waals surface area contributed by atoms with Gasteiger partial charge in [0.25, 0.3) is 0 Å². The van der Waals surface area contributed by atoms with Crippen molar-refractivity contribution in [1.82, 2.24) is 5.32 Å². The molecule has 0 saturated carbocycles. The van der Waals surface area contributed by atoms with Crippen LogP contribution in [-0.2, 0) is 4.79 Å². The molecule has 22 heavy (non-hydrogen) atoms. The van der Waals surface area contributed by atoms with E-state index in [1.54, 1.807) is 0 Å². The standard InChI is InChI=1S/C19H38N2O/c1-4-7-8-9-12-16(11-5-2)19(6-3,15-18(20)22)17-13-10-14-21-17/h16-17,21H,4-15H2,1-3H3,(H2,20,22). The molecular weight excluding hydrogens is 272 g/mol. The highest BCUT2D eigenvalue weighted by Gasteiger charge is 2.45. The molecule has 130 valence electrons. The summed E-state index contributed by atoms with van der Waals surface area (Å²) in [7, 11) is 0. The fourth-order valence-corrected chi connectivity index (χ4v) is 4.60. The average molecular weight is 311 g/mol. The highest BCUT2D eigenvalue weighted by atomic mass is 16.1. The van der Waals surface area contributed by atoms with E-state index in [0.29, 0.717) is 18.4 Å². The zero-order valence-corrected chi connectivity index (χ0v) is 15.1. The Hall–Kier alpha value is -0.570. The lowest BCUT2D eigenvalue weighted by molar-refractivity contribution is -0.122. The van der Waals surface area contributed by atoms with Crippen molar-refractivity contribution >= 4 is 5.91 Å². The molecule has 1 rings (SSSR count). The summed E-state index contributed by atoms with van der Waals surface area (Å²) < 4.78 is 0. The van der Waals surface area contributed by atoms with Gasteiger partial charge >= 0.3 is 0 Å². The van der Waals surface area contributed by atoms with Gasteiger partial charge in [0.1, 0.15) is 0 Å². The fraction of sp³-hybridized carbons (Fsp3) is 0.947. The Bertz CT molecular complexity index is 313. The number of carbonyl (C=O) groups excluding carboxylic acids is 1. The summed E-state index contributed by atoms with van der Waals surface area (Å²) in [4.78, 5) is 11.8. The van der Waals surface area contributed by atoms with Crippen molar-refractivity contribution in [3.05, 3.63) is 0 Å². The molecule has 1 amide bonds. The average Bonchev–Trinajstić information content (AvgIpc) is 3.02. The zero-order chi connectivity index (χ0) is 16.4. The number of nitrogens with one attached hydrogen (secondary N) is 1. The largest absolute Gasteiger partial charge is 0.370 e. The Labute approximate surface area is 137 Å². The van der Waals surface area contributed by atoms with Crippen molar-refractivity contribution in [1.29, 1.82) is 0 Å². The van der Waals surface area contributed by atoms with Crippen molar-refractivity contribution in [2.24, 2.45) is 17.1 Å². The Morgan fingerprint density at radius 2 is 1.95 bits per heavy atom. The molecule has 0 aromatic heterocycles. The smallest absolute Gasteiger partial charge is 0.218 e. The van der Waals surface area contributed by atoms with E-state index < -0.39 is 0 Å². The molecule has 0 aromatic carbocycles. The van der Waals surface area contributed by atoms with Crippen molar-refractivity contribution in [3.8, 4) is 0 Å². The third-order valence-corrected chi connectivity index (χ3v) is 5.77. The first-order chi connectivity index (χ1) is 10.6. The molecule has 1 aliphatic rings. The monoisotopic (exact) mass is 310 g/mol. The number of primary amides is 1. The number of rotatable bonds is 12. The van der Waals surface area contributed by atoms with Crippen LogP contribution in [0.15, 0.2) is 0 Å². The van der Waals surface area contributed by atoms with Gasteiger partial charge in [-0.1, -0.05) is 59.3 Å². The van der Waals surface area contributed by atoms with Crippen LogP contribution in [0.1, 0.15) is 91.4 Å². The van der Waals surface area contributed by atoms with Crippen LogP contribution in [0, 0.1) is 11.3 Å². The molecule has 3 N–H and O–H groups in total. The van der Waals surface area contributed by atoms with Gasteiger partial charge in [0.05, 0.1) is 0 Å². The molecule has 3 heteroatoms. The van der Waals surface area contributed by atoms with E-state index in [-0.39, 0.29) is 11.3 Å². The maximum Gasteiger partial charge on any atom is 0.218 e. The quantitative estimate of drug-likeness (QED) is 0.525. The van der Waals surface area contributed by atoms with E-state index in [1.165, 1.54) is 57.8 Å². The van der Waals surface area contributed by atoms with Gasteiger partial charge in [-0.3, -0.25) is 4.79 Å². The normalized spacial score (nSPS) is 22.4. The molecule has 3 unspecified atom stereocenters. The number of unbranched alkanes of at least 4 members (excludes halogenated alkanes) is 3. The predicted molar refractivity (Wildman–Crippen MR) is 94.7 cm³/mol. The molecule has 1 heterocycles. The highest BCUT2D eigenvalue weighted by Crippen LogP contribution is 2.46. The molecule has 0 aromatic rings. The van der Waals surface area contributed by atoms with Gasteiger partial charge in [-0.2, -0.15) is 0 Å². The van der Waals surface area contributed by atoms with Gasteiger partial charge in [-0.15, -0.1) is 0 Å². The van der Waals surface area contributed by atoms with Crippen molar-refractivity contribution in [3.63, 3.8) is 0 Å². The Morgan fingerprint density at radius 3 is 2.45 bits per heavy atom. The molecule has 3 atom stereocenters. The molecule has 1 fully saturated rings. The summed E-state index contributed by atoms with van der Waals surface area (Å²) in [6.45, 7) is 7.89. The SMILES string of the molecule is CCCCCCC(CCC)C(CC)(CC(N)=O)C1CCCN1. The van der Waals surface area contributed by atoms with Crippen molar-refractivity contribution in [2.45, 2.75) is 97.4 Å². The third-order valence-electron chi connectivity index (χ3n) is 5.77. The first-order valence-electron chi connectivity index (χ1n) is 9.62. The lowest BCUT2D eigenvalue weighted by Gasteiger charge is -2.45. The summed E-state index contributed by atoms with van der Waals surface area (Å²) >= 11 is 0. The van der Waals surface area contributed by atoms with Crippen molar-refractivity contribution < 1.29 is 4.79 Å². The van der Waals surface area contributed by atoms with Gasteiger partial charge in [0, 0.05) is 12.5 Å². The van der Waals surface area contributed by atoms with Crippen LogP contribution in [-0.4, -0.2) is 18.5 Å². The maximum atomic E-state index is 11.8. The summed E-state index contributed by atoms with van der Waals surface area (Å²) in [5, 5.41) is 3.69. The van der Waals surface area contributed by atoms with Crippen LogP contribution in [0.5, 0.6) is 0 Å². The van der Waals surface area contributed by atoms with Crippen LogP contribution < -0.4 is 11.1 Å². The second kappa shape index (κ2) is 10.3. The number of nitrogens with two attached hydrogens (primary N) is 1. The molecule has 1 aliphatic heterocycles. The predicted octanol–water partition coefficient (Wildman–Crippen LogP) is 4.40. The molecule has 3 nitrogen and oxygen atoms in total. The molecule has 0 spiro atoms. The maximum absolute atomic E-state index is 11.8. The van der Waals surface area contributed by atoms with Gasteiger partial charge < -0.3 is 11.1 Å². The number of amides is 1. The first-order valence-corrected chi connectivity index (χ1v) is 9.62. The Balaban J connectivity index is 2.87. The summed E-state index contributed by atoms with van der Waals surface area (Å²) in [5.41, 5.74) is 5.74. The van der Waals surface area contributed by atoms with Gasteiger partial charge in [-0.25, -0.2) is 0 Å². The van der Waals surface area contributed by atoms with Crippen LogP contribution in [0.2, 0.25) is 0 Å². The topological polar surface area (TPSA) is 55.1 Å². The lowest BCUT2D eigenvalue weighted by Crippen LogP contribution is -2.48. The zero-order valence-electron chi connectivity index (χ0n) is 15.1. The van der Waals surface area contributed by atoms with E-state index in [0.717, 1.165) is 13.0 Å². The van der Waals surface area contributed by atoms with Crippen LogP contribution in [0.25, 0.3) is 0 Å². The second-order valence-electron chi connectivity index (χ2n) is 7.21. The van der Waals surface area contributed by atoms with Crippen LogP contribution >= 0.6 is 0 Å². The second-order valence-corrected chi connectivity index (χ2v) is 7.21. The van der Waals surface area contributed by atoms with Crippen LogP contribution in [0.3, 0.4) is 0 Å². The lowest BCUT2D eigenvalue weighted by atomic mass is 9.62. The first kappa shape index (κ1) is 19.5. The fourth-order valence-electron chi connectivity index (χ4n) is 4.60. The van der Waals surface area contributed by atoms with E-state index >= 15 is 0 Å². The van der Waals surface area contributed by atoms with Gasteiger partial charge in [0.15, 0.2) is 0 Å². The third kappa shape index (κ3) is 5.26. The highest BCUT2D eigenvalue weighted by molar-refractivity contribution is 5.74. The van der Waals surface area contributed by atoms with E-state index in [1.807, 2.05) is 0 Å². The number of hydrogen-bond acceptors (Lipinski definition) is 2. The minimum Gasteiger partial charge on any atom is -0.370 e. The molecular formula is C19H38N2O. The van der Waals surface area contributed by atoms with E-state index in [9.17, 15) is 4.79 Å². The molecule has 0 aliphatic carbocycles. The van der Waals surface area contributed by atoms with Crippen molar-refractivity contribution in [2.75, 3.05) is 6.54 Å². The minimum absolute atomic E-state index is 0.0740. The Kier molecular flexibility index (Phi) is 9.08. The molecule has 1 saturated heterocycles. The summed E-state index contributed by atoms with van der Waals surface area (Å²) in [5.74, 6) is 0.507. The number of carbonyl (C=O) groups is 1. The van der Waals surface area contributed by atoms with E-state index in [2.05, 4.69) is 26.1 Å². The van der Waals surface area contributed by atoms with Crippen LogP contribution in [0.4, 0.5) is 0 Å². The molecule has 0 bridgehead atoms. The minimum atomic E-state index is -0.120. The summed E-state index contributed by atoms with van der Waals surface area (Å²) in [6, 6.07) is 0.479. The Morgan fingerprint density at radius 1 is 1.18 bits per heavy atom.